The first-order chi connectivity index (χ1) is 16.4. The summed E-state index contributed by atoms with van der Waals surface area (Å²) in [6.07, 6.45) is -1.66. The van der Waals surface area contributed by atoms with Gasteiger partial charge in [0, 0.05) is 38.0 Å². The lowest BCUT2D eigenvalue weighted by Crippen LogP contribution is -2.32. The van der Waals surface area contributed by atoms with Crippen LogP contribution in [0.1, 0.15) is 38.1 Å². The molecule has 35 heavy (non-hydrogen) atoms. The molecule has 3 aromatic heterocycles. The first-order valence-corrected chi connectivity index (χ1v) is 10.8. The van der Waals surface area contributed by atoms with Gasteiger partial charge in [0.05, 0.1) is 5.60 Å². The fraction of sp³-hybridized carbons (Fsp3) is 0.391. The molecule has 1 aliphatic heterocycles. The molecule has 0 spiro atoms. The van der Waals surface area contributed by atoms with Crippen LogP contribution in [0.25, 0.3) is 11.5 Å². The van der Waals surface area contributed by atoms with Crippen LogP contribution < -0.4 is 10.6 Å². The molecule has 0 radical (unpaired) electrons. The molecule has 0 bridgehead atoms. The van der Waals surface area contributed by atoms with Crippen molar-refractivity contribution in [2.45, 2.75) is 44.4 Å². The summed E-state index contributed by atoms with van der Waals surface area (Å²) >= 11 is 0. The number of hydrogen-bond donors (Lipinski definition) is 2. The van der Waals surface area contributed by atoms with Gasteiger partial charge in [-0.1, -0.05) is 6.07 Å². The van der Waals surface area contributed by atoms with Gasteiger partial charge >= 0.3 is 6.18 Å². The highest BCUT2D eigenvalue weighted by atomic mass is 19.4. The third-order valence-electron chi connectivity index (χ3n) is 5.42. The van der Waals surface area contributed by atoms with Crippen molar-refractivity contribution in [1.82, 2.24) is 19.9 Å². The number of alkyl halides is 5. The second-order valence-corrected chi connectivity index (χ2v) is 8.57. The standard InChI is InChI=1S/C23H23F5N6O/c1-21(8-4-10-35-21)13-30-18-12-19(31-14-7-9-29-17(11-14)22(2,24)25)34-20(33-18)15-5-3-6-16(32-15)23(26,27)28/h3,5-7,9,11-12H,4,8,10,13H2,1-2H3,(H2,29,30,31,33,34). The number of pyridine rings is 2. The minimum absolute atomic E-state index is 0.0730. The summed E-state index contributed by atoms with van der Waals surface area (Å²) in [7, 11) is 0. The third-order valence-corrected chi connectivity index (χ3v) is 5.42. The Bertz CT molecular complexity index is 1190. The van der Waals surface area contributed by atoms with Crippen molar-refractivity contribution in [3.05, 3.63) is 54.0 Å². The zero-order chi connectivity index (χ0) is 25.3. The predicted molar refractivity (Wildman–Crippen MR) is 119 cm³/mol. The topological polar surface area (TPSA) is 84.9 Å². The summed E-state index contributed by atoms with van der Waals surface area (Å²) in [5, 5.41) is 6.05. The quantitative estimate of drug-likeness (QED) is 0.402. The van der Waals surface area contributed by atoms with Crippen LogP contribution in [0.5, 0.6) is 0 Å². The number of hydrogen-bond acceptors (Lipinski definition) is 7. The van der Waals surface area contributed by atoms with Crippen molar-refractivity contribution in [2.75, 3.05) is 23.8 Å². The van der Waals surface area contributed by atoms with Crippen LogP contribution >= 0.6 is 0 Å². The van der Waals surface area contributed by atoms with Crippen LogP contribution in [-0.4, -0.2) is 38.7 Å². The van der Waals surface area contributed by atoms with Crippen molar-refractivity contribution in [1.29, 1.82) is 0 Å². The van der Waals surface area contributed by atoms with Crippen LogP contribution in [0.15, 0.2) is 42.6 Å². The van der Waals surface area contributed by atoms with Crippen molar-refractivity contribution >= 4 is 17.3 Å². The van der Waals surface area contributed by atoms with E-state index in [4.69, 9.17) is 4.74 Å². The molecule has 1 unspecified atom stereocenters. The Kier molecular flexibility index (Phi) is 6.58. The van der Waals surface area contributed by atoms with E-state index in [0.29, 0.717) is 19.0 Å². The van der Waals surface area contributed by atoms with Gasteiger partial charge < -0.3 is 15.4 Å². The van der Waals surface area contributed by atoms with E-state index in [1.807, 2.05) is 6.92 Å². The highest BCUT2D eigenvalue weighted by Gasteiger charge is 2.33. The lowest BCUT2D eigenvalue weighted by atomic mass is 10.0. The van der Waals surface area contributed by atoms with E-state index in [1.54, 1.807) is 0 Å². The van der Waals surface area contributed by atoms with E-state index in [-0.39, 0.29) is 23.0 Å². The average Bonchev–Trinajstić information content (AvgIpc) is 3.23. The summed E-state index contributed by atoms with van der Waals surface area (Å²) in [4.78, 5) is 16.0. The van der Waals surface area contributed by atoms with Gasteiger partial charge in [0.1, 0.15) is 28.7 Å². The maximum Gasteiger partial charge on any atom is 0.433 e. The Morgan fingerprint density at radius 1 is 1.00 bits per heavy atom. The van der Waals surface area contributed by atoms with Gasteiger partial charge in [-0.2, -0.15) is 22.0 Å². The fourth-order valence-corrected chi connectivity index (χ4v) is 3.58. The molecule has 0 saturated carbocycles. The summed E-state index contributed by atoms with van der Waals surface area (Å²) in [6.45, 7) is 3.72. The second kappa shape index (κ2) is 9.33. The van der Waals surface area contributed by atoms with Crippen LogP contribution in [-0.2, 0) is 16.8 Å². The Morgan fingerprint density at radius 3 is 2.46 bits per heavy atom. The Hall–Kier alpha value is -3.41. The molecular weight excluding hydrogens is 471 g/mol. The minimum atomic E-state index is -4.64. The lowest BCUT2D eigenvalue weighted by Gasteiger charge is -2.24. The van der Waals surface area contributed by atoms with Crippen LogP contribution in [0.4, 0.5) is 39.3 Å². The molecule has 1 saturated heterocycles. The molecule has 0 aromatic carbocycles. The van der Waals surface area contributed by atoms with Gasteiger partial charge in [-0.05, 0) is 44.0 Å². The maximum absolute atomic E-state index is 13.7. The fourth-order valence-electron chi connectivity index (χ4n) is 3.58. The van der Waals surface area contributed by atoms with Crippen LogP contribution in [0, 0.1) is 0 Å². The number of aromatic nitrogens is 4. The van der Waals surface area contributed by atoms with E-state index >= 15 is 0 Å². The second-order valence-electron chi connectivity index (χ2n) is 8.57. The average molecular weight is 494 g/mol. The molecular formula is C23H23F5N6O. The van der Waals surface area contributed by atoms with E-state index in [0.717, 1.165) is 25.8 Å². The summed E-state index contributed by atoms with van der Waals surface area (Å²) in [5.41, 5.74) is -1.76. The van der Waals surface area contributed by atoms with Gasteiger partial charge in [-0.15, -0.1) is 0 Å². The molecule has 4 heterocycles. The number of anilines is 3. The van der Waals surface area contributed by atoms with E-state index in [9.17, 15) is 22.0 Å². The lowest BCUT2D eigenvalue weighted by molar-refractivity contribution is -0.141. The Morgan fingerprint density at radius 2 is 1.77 bits per heavy atom. The molecule has 7 nitrogen and oxygen atoms in total. The number of halogens is 5. The highest BCUT2D eigenvalue weighted by Crippen LogP contribution is 2.31. The largest absolute Gasteiger partial charge is 0.433 e. The molecule has 0 amide bonds. The Balaban J connectivity index is 1.69. The van der Waals surface area contributed by atoms with Crippen molar-refractivity contribution in [3.8, 4) is 11.5 Å². The van der Waals surface area contributed by atoms with E-state index < -0.39 is 29.1 Å². The first-order valence-electron chi connectivity index (χ1n) is 10.8. The van der Waals surface area contributed by atoms with Gasteiger partial charge in [0.2, 0.25) is 0 Å². The molecule has 1 fully saturated rings. The van der Waals surface area contributed by atoms with Gasteiger partial charge in [0.15, 0.2) is 5.82 Å². The van der Waals surface area contributed by atoms with Crippen molar-refractivity contribution in [3.63, 3.8) is 0 Å². The molecule has 4 rings (SSSR count). The number of ether oxygens (including phenoxy) is 1. The van der Waals surface area contributed by atoms with E-state index in [1.165, 1.54) is 36.5 Å². The van der Waals surface area contributed by atoms with Gasteiger partial charge in [0.25, 0.3) is 5.92 Å². The summed E-state index contributed by atoms with van der Waals surface area (Å²) < 4.78 is 72.7. The SMILES string of the molecule is CC1(CNc2cc(Nc3ccnc(C(C)(F)F)c3)nc(-c3cccc(C(F)(F)F)n3)n2)CCCO1. The monoisotopic (exact) mass is 494 g/mol. The number of nitrogens with zero attached hydrogens (tertiary/aromatic N) is 4. The van der Waals surface area contributed by atoms with Crippen molar-refractivity contribution < 1.29 is 26.7 Å². The predicted octanol–water partition coefficient (Wildman–Crippen LogP) is 5.79. The molecule has 3 aromatic rings. The molecule has 2 N–H and O–H groups in total. The zero-order valence-corrected chi connectivity index (χ0v) is 19.0. The van der Waals surface area contributed by atoms with E-state index in [2.05, 4.69) is 30.6 Å². The normalized spacial score (nSPS) is 18.5. The smallest absolute Gasteiger partial charge is 0.373 e. The molecule has 1 aliphatic rings. The molecule has 12 heteroatoms. The molecule has 0 aliphatic carbocycles. The maximum atomic E-state index is 13.7. The van der Waals surface area contributed by atoms with Gasteiger partial charge in [-0.3, -0.25) is 4.98 Å². The summed E-state index contributed by atoms with van der Waals surface area (Å²) in [6, 6.07) is 7.60. The third kappa shape index (κ3) is 6.18. The zero-order valence-electron chi connectivity index (χ0n) is 19.0. The molecule has 1 atom stereocenters. The molecule has 186 valence electrons. The van der Waals surface area contributed by atoms with Gasteiger partial charge in [-0.25, -0.2) is 15.0 Å². The number of nitrogens with one attached hydrogen (secondary N) is 2. The highest BCUT2D eigenvalue weighted by molar-refractivity contribution is 5.64. The van der Waals surface area contributed by atoms with Crippen molar-refractivity contribution in [2.24, 2.45) is 0 Å². The Labute approximate surface area is 198 Å². The minimum Gasteiger partial charge on any atom is -0.373 e. The summed E-state index contributed by atoms with van der Waals surface area (Å²) in [5.74, 6) is -2.74. The first kappa shape index (κ1) is 24.7. The number of rotatable bonds is 7. The van der Waals surface area contributed by atoms with Crippen LogP contribution in [0.3, 0.4) is 0 Å². The van der Waals surface area contributed by atoms with Crippen LogP contribution in [0.2, 0.25) is 0 Å².